The fourth-order valence-electron chi connectivity index (χ4n) is 0.950. The van der Waals surface area contributed by atoms with Gasteiger partial charge < -0.3 is 8.92 Å². The first-order chi connectivity index (χ1) is 6.72. The van der Waals surface area contributed by atoms with Gasteiger partial charge in [0.2, 0.25) is 0 Å². The van der Waals surface area contributed by atoms with Gasteiger partial charge in [0.15, 0.2) is 0 Å². The summed E-state index contributed by atoms with van der Waals surface area (Å²) in [6.45, 7) is 1.61. The molecule has 1 aliphatic rings. The number of alkyl halides is 3. The van der Waals surface area contributed by atoms with Crippen molar-refractivity contribution in [3.63, 3.8) is 0 Å². The summed E-state index contributed by atoms with van der Waals surface area (Å²) in [4.78, 5) is 0. The van der Waals surface area contributed by atoms with Crippen LogP contribution < -0.4 is 0 Å². The smallest absolute Gasteiger partial charge is 0.462 e. The molecule has 0 radical (unpaired) electrons. The monoisotopic (exact) mass is 246 g/mol. The van der Waals surface area contributed by atoms with E-state index in [1.807, 2.05) is 0 Å². The standard InChI is InChI=1S/C7H9F3O4S/c1-5-3-2-4-6(13-5)14-15(11,12)7(8,9)10/h4-5H,2-3H2,1H3. The van der Waals surface area contributed by atoms with Crippen molar-refractivity contribution in [2.75, 3.05) is 0 Å². The van der Waals surface area contributed by atoms with Crippen LogP contribution in [0.5, 0.6) is 0 Å². The van der Waals surface area contributed by atoms with Gasteiger partial charge in [-0.3, -0.25) is 0 Å². The van der Waals surface area contributed by atoms with E-state index >= 15 is 0 Å². The summed E-state index contributed by atoms with van der Waals surface area (Å²) in [6.07, 6.45) is 1.85. The Balaban J connectivity index is 2.75. The summed E-state index contributed by atoms with van der Waals surface area (Å²) in [5.74, 6) is -0.605. The normalized spacial score (nSPS) is 22.9. The van der Waals surface area contributed by atoms with Gasteiger partial charge in [0.1, 0.15) is 0 Å². The molecule has 0 aromatic carbocycles. The third-order valence-electron chi connectivity index (χ3n) is 1.68. The molecule has 1 unspecified atom stereocenters. The highest BCUT2D eigenvalue weighted by Gasteiger charge is 2.49. The third kappa shape index (κ3) is 3.01. The highest BCUT2D eigenvalue weighted by atomic mass is 32.2. The Morgan fingerprint density at radius 1 is 1.53 bits per heavy atom. The van der Waals surface area contributed by atoms with Crippen LogP contribution in [-0.2, 0) is 19.0 Å². The third-order valence-corrected chi connectivity index (χ3v) is 2.63. The van der Waals surface area contributed by atoms with E-state index in [4.69, 9.17) is 4.74 Å². The Morgan fingerprint density at radius 3 is 2.60 bits per heavy atom. The Morgan fingerprint density at radius 2 is 2.13 bits per heavy atom. The predicted molar refractivity (Wildman–Crippen MR) is 43.9 cm³/mol. The van der Waals surface area contributed by atoms with Crippen molar-refractivity contribution < 1.29 is 30.5 Å². The number of allylic oxidation sites excluding steroid dienone is 1. The van der Waals surface area contributed by atoms with Crippen molar-refractivity contribution in [3.8, 4) is 0 Å². The molecule has 0 amide bonds. The van der Waals surface area contributed by atoms with Gasteiger partial charge in [-0.15, -0.1) is 0 Å². The second kappa shape index (κ2) is 3.92. The fraction of sp³-hybridized carbons (Fsp3) is 0.714. The minimum atomic E-state index is -5.61. The van der Waals surface area contributed by atoms with Crippen LogP contribution in [0.1, 0.15) is 19.8 Å². The van der Waals surface area contributed by atoms with Crippen LogP contribution in [0, 0.1) is 0 Å². The maximum Gasteiger partial charge on any atom is 0.534 e. The van der Waals surface area contributed by atoms with Gasteiger partial charge in [-0.2, -0.15) is 21.6 Å². The predicted octanol–water partition coefficient (Wildman–Crippen LogP) is 1.89. The zero-order valence-electron chi connectivity index (χ0n) is 7.74. The van der Waals surface area contributed by atoms with Crippen LogP contribution in [0.25, 0.3) is 0 Å². The highest BCUT2D eigenvalue weighted by Crippen LogP contribution is 2.28. The summed E-state index contributed by atoms with van der Waals surface area (Å²) < 4.78 is 65.4. The Bertz CT molecular complexity index is 357. The molecule has 1 heterocycles. The molecule has 1 atom stereocenters. The fourth-order valence-corrected chi connectivity index (χ4v) is 1.37. The number of hydrogen-bond acceptors (Lipinski definition) is 4. The lowest BCUT2D eigenvalue weighted by molar-refractivity contribution is -0.0591. The molecule has 0 spiro atoms. The van der Waals surface area contributed by atoms with Gasteiger partial charge in [0.25, 0.3) is 5.95 Å². The maximum absolute atomic E-state index is 11.9. The zero-order chi connectivity index (χ0) is 11.7. The average molecular weight is 246 g/mol. The molecule has 1 aliphatic heterocycles. The molecular formula is C7H9F3O4S. The topological polar surface area (TPSA) is 52.6 Å². The average Bonchev–Trinajstić information content (AvgIpc) is 2.00. The molecule has 88 valence electrons. The van der Waals surface area contributed by atoms with Gasteiger partial charge in [-0.1, -0.05) is 0 Å². The van der Waals surface area contributed by atoms with E-state index in [1.54, 1.807) is 6.92 Å². The van der Waals surface area contributed by atoms with Gasteiger partial charge in [0.05, 0.1) is 6.10 Å². The Kier molecular flexibility index (Phi) is 3.17. The van der Waals surface area contributed by atoms with Gasteiger partial charge in [-0.05, 0) is 25.8 Å². The van der Waals surface area contributed by atoms with Crippen molar-refractivity contribution in [1.29, 1.82) is 0 Å². The molecule has 0 bridgehead atoms. The quantitative estimate of drug-likeness (QED) is 0.551. The molecule has 0 saturated carbocycles. The number of halogens is 3. The SMILES string of the molecule is CC1CCC=C(OS(=O)(=O)C(F)(F)F)O1. The highest BCUT2D eigenvalue weighted by molar-refractivity contribution is 7.87. The van der Waals surface area contributed by atoms with Crippen molar-refractivity contribution in [2.45, 2.75) is 31.4 Å². The molecule has 1 rings (SSSR count). The van der Waals surface area contributed by atoms with E-state index in [0.29, 0.717) is 12.8 Å². The largest absolute Gasteiger partial charge is 0.534 e. The minimum absolute atomic E-state index is 0.353. The molecule has 15 heavy (non-hydrogen) atoms. The van der Waals surface area contributed by atoms with Gasteiger partial charge in [-0.25, -0.2) is 0 Å². The molecule has 0 aromatic heterocycles. The van der Waals surface area contributed by atoms with E-state index < -0.39 is 21.6 Å². The molecular weight excluding hydrogens is 237 g/mol. The van der Waals surface area contributed by atoms with E-state index in [-0.39, 0.29) is 6.10 Å². The van der Waals surface area contributed by atoms with Crippen molar-refractivity contribution in [2.24, 2.45) is 0 Å². The molecule has 0 N–H and O–H groups in total. The Hall–Kier alpha value is -0.920. The molecule has 0 saturated heterocycles. The first kappa shape index (κ1) is 12.2. The summed E-state index contributed by atoms with van der Waals surface area (Å²) >= 11 is 0. The van der Waals surface area contributed by atoms with E-state index in [1.165, 1.54) is 6.08 Å². The van der Waals surface area contributed by atoms with E-state index in [9.17, 15) is 21.6 Å². The number of ether oxygens (including phenoxy) is 1. The zero-order valence-corrected chi connectivity index (χ0v) is 8.56. The second-order valence-electron chi connectivity index (χ2n) is 3.01. The lowest BCUT2D eigenvalue weighted by Gasteiger charge is -2.20. The molecule has 0 fully saturated rings. The van der Waals surface area contributed by atoms with Crippen LogP contribution in [-0.4, -0.2) is 20.0 Å². The van der Waals surface area contributed by atoms with E-state index in [2.05, 4.69) is 4.18 Å². The van der Waals surface area contributed by atoms with E-state index in [0.717, 1.165) is 0 Å². The van der Waals surface area contributed by atoms with Crippen LogP contribution in [0.4, 0.5) is 13.2 Å². The van der Waals surface area contributed by atoms with Crippen LogP contribution >= 0.6 is 0 Å². The number of hydrogen-bond donors (Lipinski definition) is 0. The molecule has 0 aliphatic carbocycles. The van der Waals surface area contributed by atoms with Crippen molar-refractivity contribution in [3.05, 3.63) is 12.0 Å². The van der Waals surface area contributed by atoms with Crippen LogP contribution in [0.3, 0.4) is 0 Å². The summed E-state index contributed by atoms with van der Waals surface area (Å²) in [5.41, 5.74) is -5.43. The molecule has 0 aromatic rings. The number of rotatable bonds is 2. The van der Waals surface area contributed by atoms with Crippen LogP contribution in [0.15, 0.2) is 12.0 Å². The van der Waals surface area contributed by atoms with Crippen molar-refractivity contribution in [1.82, 2.24) is 0 Å². The molecule has 8 heteroatoms. The summed E-state index contributed by atoms with van der Waals surface area (Å²) in [7, 11) is -5.61. The minimum Gasteiger partial charge on any atom is -0.462 e. The Labute approximate surface area is 84.8 Å². The molecule has 4 nitrogen and oxygen atoms in total. The lowest BCUT2D eigenvalue weighted by Crippen LogP contribution is -2.27. The second-order valence-corrected chi connectivity index (χ2v) is 4.55. The van der Waals surface area contributed by atoms with Gasteiger partial charge >= 0.3 is 15.6 Å². The van der Waals surface area contributed by atoms with Gasteiger partial charge in [0, 0.05) is 0 Å². The maximum atomic E-state index is 11.9. The lowest BCUT2D eigenvalue weighted by atomic mass is 10.2. The van der Waals surface area contributed by atoms with Crippen LogP contribution in [0.2, 0.25) is 0 Å². The summed E-state index contributed by atoms with van der Waals surface area (Å²) in [6, 6.07) is 0. The van der Waals surface area contributed by atoms with Crippen molar-refractivity contribution >= 4 is 10.1 Å². The first-order valence-corrected chi connectivity index (χ1v) is 5.51. The first-order valence-electron chi connectivity index (χ1n) is 4.10. The summed E-state index contributed by atoms with van der Waals surface area (Å²) in [5, 5.41) is 0.